The summed E-state index contributed by atoms with van der Waals surface area (Å²) in [5.41, 5.74) is 1.92. The zero-order chi connectivity index (χ0) is 20.2. The summed E-state index contributed by atoms with van der Waals surface area (Å²) in [5, 5.41) is 0. The van der Waals surface area contributed by atoms with E-state index in [9.17, 15) is 9.59 Å². The number of nitrogens with one attached hydrogen (secondary N) is 1. The van der Waals surface area contributed by atoms with Crippen molar-refractivity contribution in [3.63, 3.8) is 0 Å². The lowest BCUT2D eigenvalue weighted by Crippen LogP contribution is -2.32. The van der Waals surface area contributed by atoms with Gasteiger partial charge in [-0.15, -0.1) is 0 Å². The zero-order valence-electron chi connectivity index (χ0n) is 16.3. The Kier molecular flexibility index (Phi) is 5.46. The Balaban J connectivity index is 1.43. The van der Waals surface area contributed by atoms with Crippen molar-refractivity contribution in [2.45, 2.75) is 26.2 Å². The summed E-state index contributed by atoms with van der Waals surface area (Å²) in [4.78, 5) is 42.6. The summed E-state index contributed by atoms with van der Waals surface area (Å²) in [6.07, 6.45) is 5.20. The first kappa shape index (κ1) is 19.0. The molecule has 3 aromatic rings. The molecule has 1 aliphatic heterocycles. The first-order chi connectivity index (χ1) is 14.1. The molecule has 7 nitrogen and oxygen atoms in total. The third kappa shape index (κ3) is 4.39. The van der Waals surface area contributed by atoms with Crippen molar-refractivity contribution in [1.82, 2.24) is 24.8 Å². The highest BCUT2D eigenvalue weighted by molar-refractivity contribution is 5.79. The van der Waals surface area contributed by atoms with Crippen LogP contribution in [0, 0.1) is 12.8 Å². The number of carbonyl (C=O) groups excluding carboxylic acids is 1. The predicted molar refractivity (Wildman–Crippen MR) is 109 cm³/mol. The van der Waals surface area contributed by atoms with Crippen molar-refractivity contribution in [3.8, 4) is 11.6 Å². The van der Waals surface area contributed by atoms with E-state index in [0.717, 1.165) is 25.9 Å². The molecule has 29 heavy (non-hydrogen) atoms. The Labute approximate surface area is 168 Å². The van der Waals surface area contributed by atoms with Crippen LogP contribution in [-0.2, 0) is 17.6 Å². The number of benzene rings is 1. The Morgan fingerprint density at radius 3 is 2.66 bits per heavy atom. The van der Waals surface area contributed by atoms with Gasteiger partial charge in [0.1, 0.15) is 0 Å². The van der Waals surface area contributed by atoms with Crippen LogP contribution in [0.3, 0.4) is 0 Å². The quantitative estimate of drug-likeness (QED) is 0.722. The van der Waals surface area contributed by atoms with Gasteiger partial charge in [0, 0.05) is 36.7 Å². The number of H-pyrrole nitrogens is 1. The predicted octanol–water partition coefficient (Wildman–Crippen LogP) is 2.17. The number of aryl methyl sites for hydroxylation is 1. The molecular formula is C22H23N5O2. The highest BCUT2D eigenvalue weighted by Gasteiger charge is 2.27. The molecule has 1 fully saturated rings. The number of amides is 1. The molecule has 0 saturated carbocycles. The van der Waals surface area contributed by atoms with E-state index in [2.05, 4.69) is 32.1 Å². The SMILES string of the molecule is Cc1nc(-c2ncccn2)[nH]c(=O)c1CC(=O)N1CCC(Cc2ccccc2)C1. The lowest BCUT2D eigenvalue weighted by atomic mass is 9.99. The summed E-state index contributed by atoms with van der Waals surface area (Å²) in [5.74, 6) is 1.10. The maximum absolute atomic E-state index is 12.8. The second-order valence-electron chi connectivity index (χ2n) is 7.41. The molecule has 1 saturated heterocycles. The highest BCUT2D eigenvalue weighted by atomic mass is 16.2. The Bertz CT molecular complexity index is 1050. The van der Waals surface area contributed by atoms with Gasteiger partial charge in [-0.1, -0.05) is 30.3 Å². The summed E-state index contributed by atoms with van der Waals surface area (Å²) in [7, 11) is 0. The fourth-order valence-corrected chi connectivity index (χ4v) is 3.78. The van der Waals surface area contributed by atoms with Crippen LogP contribution in [-0.4, -0.2) is 43.8 Å². The van der Waals surface area contributed by atoms with Crippen molar-refractivity contribution in [2.75, 3.05) is 13.1 Å². The van der Waals surface area contributed by atoms with Gasteiger partial charge in [-0.2, -0.15) is 0 Å². The monoisotopic (exact) mass is 389 g/mol. The number of aromatic amines is 1. The third-order valence-electron chi connectivity index (χ3n) is 5.33. The zero-order valence-corrected chi connectivity index (χ0v) is 16.3. The fourth-order valence-electron chi connectivity index (χ4n) is 3.78. The van der Waals surface area contributed by atoms with Crippen molar-refractivity contribution in [2.24, 2.45) is 5.92 Å². The second-order valence-corrected chi connectivity index (χ2v) is 7.41. The summed E-state index contributed by atoms with van der Waals surface area (Å²) in [6, 6.07) is 12.0. The normalized spacial score (nSPS) is 16.2. The number of rotatable bonds is 5. The topological polar surface area (TPSA) is 91.8 Å². The van der Waals surface area contributed by atoms with Crippen LogP contribution >= 0.6 is 0 Å². The lowest BCUT2D eigenvalue weighted by Gasteiger charge is -2.17. The van der Waals surface area contributed by atoms with Crippen LogP contribution in [0.15, 0.2) is 53.6 Å². The molecule has 1 unspecified atom stereocenters. The van der Waals surface area contributed by atoms with Crippen molar-refractivity contribution in [1.29, 1.82) is 0 Å². The van der Waals surface area contributed by atoms with Crippen LogP contribution in [0.5, 0.6) is 0 Å². The highest BCUT2D eigenvalue weighted by Crippen LogP contribution is 2.21. The van der Waals surface area contributed by atoms with Crippen molar-refractivity contribution >= 4 is 5.91 Å². The lowest BCUT2D eigenvalue weighted by molar-refractivity contribution is -0.129. The number of likely N-dealkylation sites (tertiary alicyclic amines) is 1. The standard InChI is InChI=1S/C22H23N5O2/c1-15-18(22(29)26-21(25-15)20-23-9-5-10-24-20)13-19(28)27-11-8-17(14-27)12-16-6-3-2-4-7-16/h2-7,9-10,17H,8,11-14H2,1H3,(H,25,26,29). The van der Waals surface area contributed by atoms with Crippen LogP contribution in [0.4, 0.5) is 0 Å². The fraction of sp³-hybridized carbons (Fsp3) is 0.318. The third-order valence-corrected chi connectivity index (χ3v) is 5.33. The van der Waals surface area contributed by atoms with E-state index < -0.39 is 0 Å². The van der Waals surface area contributed by atoms with Crippen LogP contribution in [0.25, 0.3) is 11.6 Å². The molecule has 4 rings (SSSR count). The molecule has 1 aromatic carbocycles. The summed E-state index contributed by atoms with van der Waals surface area (Å²) < 4.78 is 0. The molecular weight excluding hydrogens is 366 g/mol. The van der Waals surface area contributed by atoms with Gasteiger partial charge >= 0.3 is 0 Å². The van der Waals surface area contributed by atoms with Gasteiger partial charge in [-0.25, -0.2) is 15.0 Å². The largest absolute Gasteiger partial charge is 0.342 e. The first-order valence-corrected chi connectivity index (χ1v) is 9.79. The molecule has 7 heteroatoms. The second kappa shape index (κ2) is 8.34. The number of aromatic nitrogens is 4. The summed E-state index contributed by atoms with van der Waals surface area (Å²) >= 11 is 0. The minimum absolute atomic E-state index is 0.0281. The Morgan fingerprint density at radius 2 is 1.93 bits per heavy atom. The molecule has 1 amide bonds. The molecule has 1 aliphatic rings. The average molecular weight is 389 g/mol. The molecule has 0 radical (unpaired) electrons. The minimum atomic E-state index is -0.312. The van der Waals surface area contributed by atoms with Gasteiger partial charge in [0.2, 0.25) is 5.91 Å². The minimum Gasteiger partial charge on any atom is -0.342 e. The van der Waals surface area contributed by atoms with E-state index >= 15 is 0 Å². The molecule has 0 spiro atoms. The van der Waals surface area contributed by atoms with E-state index in [1.165, 1.54) is 5.56 Å². The molecule has 1 atom stereocenters. The first-order valence-electron chi connectivity index (χ1n) is 9.79. The van der Waals surface area contributed by atoms with Crippen molar-refractivity contribution in [3.05, 3.63) is 76.0 Å². The molecule has 0 aliphatic carbocycles. The number of nitrogens with zero attached hydrogens (tertiary/aromatic N) is 4. The van der Waals surface area contributed by atoms with Gasteiger partial charge in [0.25, 0.3) is 5.56 Å². The smallest absolute Gasteiger partial charge is 0.255 e. The van der Waals surface area contributed by atoms with Crippen LogP contribution in [0.1, 0.15) is 23.2 Å². The van der Waals surface area contributed by atoms with E-state index in [1.54, 1.807) is 25.4 Å². The number of hydrogen-bond donors (Lipinski definition) is 1. The van der Waals surface area contributed by atoms with E-state index in [4.69, 9.17) is 0 Å². The molecule has 0 bridgehead atoms. The van der Waals surface area contributed by atoms with Gasteiger partial charge < -0.3 is 9.88 Å². The van der Waals surface area contributed by atoms with Gasteiger partial charge in [0.15, 0.2) is 11.6 Å². The Hall–Kier alpha value is -3.35. The average Bonchev–Trinajstić information content (AvgIpc) is 3.20. The van der Waals surface area contributed by atoms with Gasteiger partial charge in [-0.05, 0) is 37.3 Å². The summed E-state index contributed by atoms with van der Waals surface area (Å²) in [6.45, 7) is 3.21. The maximum atomic E-state index is 12.8. The van der Waals surface area contributed by atoms with Crippen LogP contribution < -0.4 is 5.56 Å². The number of carbonyl (C=O) groups is 1. The molecule has 2 aromatic heterocycles. The van der Waals surface area contributed by atoms with E-state index in [0.29, 0.717) is 28.8 Å². The Morgan fingerprint density at radius 1 is 1.17 bits per heavy atom. The van der Waals surface area contributed by atoms with E-state index in [-0.39, 0.29) is 17.9 Å². The molecule has 3 heterocycles. The van der Waals surface area contributed by atoms with Crippen LogP contribution in [0.2, 0.25) is 0 Å². The molecule has 1 N–H and O–H groups in total. The van der Waals surface area contributed by atoms with Gasteiger partial charge in [-0.3, -0.25) is 9.59 Å². The van der Waals surface area contributed by atoms with E-state index in [1.807, 2.05) is 23.1 Å². The number of hydrogen-bond acceptors (Lipinski definition) is 5. The van der Waals surface area contributed by atoms with Crippen molar-refractivity contribution < 1.29 is 4.79 Å². The molecule has 148 valence electrons. The van der Waals surface area contributed by atoms with Gasteiger partial charge in [0.05, 0.1) is 6.42 Å². The maximum Gasteiger partial charge on any atom is 0.255 e.